The molecule has 0 aliphatic carbocycles. The summed E-state index contributed by atoms with van der Waals surface area (Å²) in [6.45, 7) is 2.68. The topological polar surface area (TPSA) is 41.1 Å². The standard InChI is InChI=1S/C18H19ClN2OS.ClH/c19-15-8-4-5-9-16(15)23-17(14-6-2-1-3-7-14)18(22)21-12-13-10-20-11-13;/h1-9,13,17,20H,10-12H2,(H,21,22);1H. The Morgan fingerprint density at radius 3 is 2.46 bits per heavy atom. The van der Waals surface area contributed by atoms with E-state index in [4.69, 9.17) is 11.6 Å². The Kier molecular flexibility index (Phi) is 7.43. The van der Waals surface area contributed by atoms with Crippen LogP contribution in [0.4, 0.5) is 0 Å². The van der Waals surface area contributed by atoms with E-state index in [0.29, 0.717) is 10.9 Å². The second-order valence-electron chi connectivity index (χ2n) is 5.61. The Balaban J connectivity index is 0.00000208. The van der Waals surface area contributed by atoms with Gasteiger partial charge >= 0.3 is 0 Å². The molecule has 2 aromatic rings. The van der Waals surface area contributed by atoms with Gasteiger partial charge in [0.25, 0.3) is 0 Å². The lowest BCUT2D eigenvalue weighted by atomic mass is 10.0. The highest BCUT2D eigenvalue weighted by molar-refractivity contribution is 8.00. The quantitative estimate of drug-likeness (QED) is 0.743. The van der Waals surface area contributed by atoms with Crippen molar-refractivity contribution in [1.29, 1.82) is 0 Å². The molecule has 0 aromatic heterocycles. The molecule has 1 amide bonds. The second kappa shape index (κ2) is 9.33. The number of rotatable bonds is 6. The third kappa shape index (κ3) is 4.90. The zero-order valence-electron chi connectivity index (χ0n) is 13.1. The van der Waals surface area contributed by atoms with Crippen LogP contribution in [-0.2, 0) is 4.79 Å². The molecule has 1 unspecified atom stereocenters. The number of hydrogen-bond acceptors (Lipinski definition) is 3. The minimum Gasteiger partial charge on any atom is -0.354 e. The lowest BCUT2D eigenvalue weighted by molar-refractivity contribution is -0.120. The summed E-state index contributed by atoms with van der Waals surface area (Å²) < 4.78 is 0. The highest BCUT2D eigenvalue weighted by Gasteiger charge is 2.24. The molecule has 2 aromatic carbocycles. The predicted molar refractivity (Wildman–Crippen MR) is 103 cm³/mol. The molecule has 1 atom stereocenters. The highest BCUT2D eigenvalue weighted by atomic mass is 35.5. The molecule has 24 heavy (non-hydrogen) atoms. The van der Waals surface area contributed by atoms with Gasteiger partial charge in [0.2, 0.25) is 5.91 Å². The fourth-order valence-electron chi connectivity index (χ4n) is 2.40. The third-order valence-corrected chi connectivity index (χ3v) is 5.63. The molecule has 0 radical (unpaired) electrons. The fraction of sp³-hybridized carbons (Fsp3) is 0.278. The van der Waals surface area contributed by atoms with E-state index in [2.05, 4.69) is 10.6 Å². The second-order valence-corrected chi connectivity index (χ2v) is 7.16. The van der Waals surface area contributed by atoms with Crippen LogP contribution in [0.25, 0.3) is 0 Å². The first kappa shape index (κ1) is 19.1. The van der Waals surface area contributed by atoms with E-state index in [-0.39, 0.29) is 23.6 Å². The zero-order valence-corrected chi connectivity index (χ0v) is 15.5. The van der Waals surface area contributed by atoms with E-state index < -0.39 is 0 Å². The van der Waals surface area contributed by atoms with Crippen LogP contribution >= 0.6 is 35.8 Å². The molecule has 3 nitrogen and oxygen atoms in total. The van der Waals surface area contributed by atoms with Gasteiger partial charge in [-0.15, -0.1) is 24.2 Å². The maximum Gasteiger partial charge on any atom is 0.238 e. The summed E-state index contributed by atoms with van der Waals surface area (Å²) in [4.78, 5) is 13.6. The zero-order chi connectivity index (χ0) is 16.1. The minimum atomic E-state index is -0.302. The van der Waals surface area contributed by atoms with Gasteiger partial charge in [-0.25, -0.2) is 0 Å². The van der Waals surface area contributed by atoms with Crippen LogP contribution < -0.4 is 10.6 Å². The van der Waals surface area contributed by atoms with E-state index in [1.165, 1.54) is 11.8 Å². The summed E-state index contributed by atoms with van der Waals surface area (Å²) in [5.74, 6) is 0.578. The molecule has 1 saturated heterocycles. The molecular formula is C18H20Cl2N2OS. The number of carbonyl (C=O) groups is 1. The largest absolute Gasteiger partial charge is 0.354 e. The maximum atomic E-state index is 12.7. The van der Waals surface area contributed by atoms with Gasteiger partial charge in [-0.05, 0) is 17.7 Å². The monoisotopic (exact) mass is 382 g/mol. The third-order valence-electron chi connectivity index (χ3n) is 3.85. The number of thioether (sulfide) groups is 1. The number of carbonyl (C=O) groups excluding carboxylic acids is 1. The van der Waals surface area contributed by atoms with Gasteiger partial charge in [-0.3, -0.25) is 4.79 Å². The average molecular weight is 383 g/mol. The number of hydrogen-bond donors (Lipinski definition) is 2. The lowest BCUT2D eigenvalue weighted by Gasteiger charge is -2.28. The van der Waals surface area contributed by atoms with Gasteiger partial charge in [0, 0.05) is 30.4 Å². The van der Waals surface area contributed by atoms with Gasteiger partial charge < -0.3 is 10.6 Å². The number of amides is 1. The summed E-state index contributed by atoms with van der Waals surface area (Å²) in [5, 5.41) is 6.67. The minimum absolute atomic E-state index is 0. The van der Waals surface area contributed by atoms with Gasteiger partial charge in [-0.1, -0.05) is 54.1 Å². The molecule has 1 aliphatic heterocycles. The molecule has 0 bridgehead atoms. The van der Waals surface area contributed by atoms with Crippen molar-refractivity contribution >= 4 is 41.7 Å². The van der Waals surface area contributed by atoms with E-state index in [1.54, 1.807) is 0 Å². The van der Waals surface area contributed by atoms with Crippen LogP contribution in [0.5, 0.6) is 0 Å². The van der Waals surface area contributed by atoms with E-state index >= 15 is 0 Å². The first-order valence-electron chi connectivity index (χ1n) is 7.68. The molecule has 128 valence electrons. The van der Waals surface area contributed by atoms with E-state index in [1.807, 2.05) is 54.6 Å². The molecule has 1 heterocycles. The Morgan fingerprint density at radius 2 is 1.83 bits per heavy atom. The first-order valence-corrected chi connectivity index (χ1v) is 8.94. The first-order chi connectivity index (χ1) is 11.2. The van der Waals surface area contributed by atoms with Crippen molar-refractivity contribution in [2.24, 2.45) is 5.92 Å². The van der Waals surface area contributed by atoms with Crippen molar-refractivity contribution < 1.29 is 4.79 Å². The molecule has 2 N–H and O–H groups in total. The number of halogens is 2. The Bertz CT molecular complexity index is 665. The van der Waals surface area contributed by atoms with Crippen molar-refractivity contribution in [1.82, 2.24) is 10.6 Å². The molecule has 1 fully saturated rings. The Hall–Kier alpha value is -1.20. The Labute approximate surface area is 158 Å². The van der Waals surface area contributed by atoms with Crippen LogP contribution in [0.2, 0.25) is 5.02 Å². The smallest absolute Gasteiger partial charge is 0.238 e. The number of benzene rings is 2. The van der Waals surface area contributed by atoms with Crippen molar-refractivity contribution in [3.8, 4) is 0 Å². The lowest BCUT2D eigenvalue weighted by Crippen LogP contribution is -2.48. The number of nitrogens with one attached hydrogen (secondary N) is 2. The summed E-state index contributed by atoms with van der Waals surface area (Å²) in [5.41, 5.74) is 0.988. The van der Waals surface area contributed by atoms with Crippen molar-refractivity contribution in [2.75, 3.05) is 19.6 Å². The average Bonchev–Trinajstić information content (AvgIpc) is 2.53. The van der Waals surface area contributed by atoms with Crippen molar-refractivity contribution in [3.63, 3.8) is 0 Å². The van der Waals surface area contributed by atoms with Gasteiger partial charge in [-0.2, -0.15) is 0 Å². The van der Waals surface area contributed by atoms with Crippen LogP contribution in [0, 0.1) is 5.92 Å². The predicted octanol–water partition coefficient (Wildman–Crippen LogP) is 3.93. The maximum absolute atomic E-state index is 12.7. The molecule has 0 saturated carbocycles. The summed E-state index contributed by atoms with van der Waals surface area (Å²) in [6.07, 6.45) is 0. The molecule has 6 heteroatoms. The summed E-state index contributed by atoms with van der Waals surface area (Å²) in [6, 6.07) is 17.5. The molecule has 0 spiro atoms. The molecule has 1 aliphatic rings. The van der Waals surface area contributed by atoms with E-state index in [0.717, 1.165) is 30.1 Å². The summed E-state index contributed by atoms with van der Waals surface area (Å²) >= 11 is 7.75. The van der Waals surface area contributed by atoms with E-state index in [9.17, 15) is 4.79 Å². The SMILES string of the molecule is Cl.O=C(NCC1CNC1)C(Sc1ccccc1Cl)c1ccccc1. The van der Waals surface area contributed by atoms with Gasteiger partial charge in [0.05, 0.1) is 5.02 Å². The van der Waals surface area contributed by atoms with Crippen LogP contribution in [-0.4, -0.2) is 25.5 Å². The fourth-order valence-corrected chi connectivity index (χ4v) is 3.74. The van der Waals surface area contributed by atoms with Gasteiger partial charge in [0.1, 0.15) is 5.25 Å². The summed E-state index contributed by atoms with van der Waals surface area (Å²) in [7, 11) is 0. The van der Waals surface area contributed by atoms with Crippen molar-refractivity contribution in [2.45, 2.75) is 10.1 Å². The van der Waals surface area contributed by atoms with Crippen LogP contribution in [0.1, 0.15) is 10.8 Å². The normalized spacial score (nSPS) is 15.0. The van der Waals surface area contributed by atoms with Gasteiger partial charge in [0.15, 0.2) is 0 Å². The molecule has 3 rings (SSSR count). The van der Waals surface area contributed by atoms with Crippen LogP contribution in [0.15, 0.2) is 59.5 Å². The van der Waals surface area contributed by atoms with Crippen LogP contribution in [0.3, 0.4) is 0 Å². The Morgan fingerprint density at radius 1 is 1.17 bits per heavy atom. The molecular weight excluding hydrogens is 363 g/mol. The highest BCUT2D eigenvalue weighted by Crippen LogP contribution is 2.38. The van der Waals surface area contributed by atoms with Crippen molar-refractivity contribution in [3.05, 3.63) is 65.2 Å².